The van der Waals surface area contributed by atoms with Crippen LogP contribution in [-0.4, -0.2) is 50.9 Å². The molecule has 9 nitrogen and oxygen atoms in total. The van der Waals surface area contributed by atoms with Gasteiger partial charge in [-0.2, -0.15) is 4.31 Å². The Morgan fingerprint density at radius 3 is 2.49 bits per heavy atom. The molecule has 3 heterocycles. The van der Waals surface area contributed by atoms with Gasteiger partial charge < -0.3 is 13.9 Å². The molecule has 1 saturated heterocycles. The number of aromatic nitrogens is 1. The van der Waals surface area contributed by atoms with E-state index >= 15 is 0 Å². The van der Waals surface area contributed by atoms with Crippen LogP contribution in [-0.2, 0) is 21.4 Å². The van der Waals surface area contributed by atoms with Gasteiger partial charge in [-0.05, 0) is 61.4 Å². The number of carbonyl (C=O) groups excluding carboxylic acids is 1. The second kappa shape index (κ2) is 10.5. The van der Waals surface area contributed by atoms with E-state index in [0.717, 1.165) is 4.70 Å². The van der Waals surface area contributed by atoms with Crippen molar-refractivity contribution < 1.29 is 27.1 Å². The molecule has 0 spiro atoms. The van der Waals surface area contributed by atoms with Gasteiger partial charge in [-0.1, -0.05) is 17.4 Å². The Bertz CT molecular complexity index is 1470. The summed E-state index contributed by atoms with van der Waals surface area (Å²) in [5, 5.41) is 0.550. The number of anilines is 1. The normalized spacial score (nSPS) is 15.1. The number of ether oxygens (including phenoxy) is 2. The van der Waals surface area contributed by atoms with Crippen molar-refractivity contribution >= 4 is 42.6 Å². The number of benzene rings is 2. The lowest BCUT2D eigenvalue weighted by Gasteiger charge is -2.32. The monoisotopic (exact) mass is 541 g/mol. The number of nitrogens with zero attached hydrogens (tertiary/aromatic N) is 3. The fourth-order valence-corrected chi connectivity index (χ4v) is 6.91. The van der Waals surface area contributed by atoms with Gasteiger partial charge >= 0.3 is 0 Å². The predicted octanol–water partition coefficient (Wildman–Crippen LogP) is 4.54. The maximum Gasteiger partial charge on any atom is 0.243 e. The van der Waals surface area contributed by atoms with Crippen LogP contribution in [0.2, 0.25) is 0 Å². The van der Waals surface area contributed by atoms with E-state index in [1.165, 1.54) is 34.9 Å². The highest BCUT2D eigenvalue weighted by Gasteiger charge is 2.35. The summed E-state index contributed by atoms with van der Waals surface area (Å²) >= 11 is 1.41. The third kappa shape index (κ3) is 5.07. The van der Waals surface area contributed by atoms with Gasteiger partial charge in [-0.15, -0.1) is 0 Å². The van der Waals surface area contributed by atoms with Gasteiger partial charge in [0.1, 0.15) is 22.8 Å². The summed E-state index contributed by atoms with van der Waals surface area (Å²) in [6, 6.07) is 15.6. The molecule has 1 aliphatic rings. The van der Waals surface area contributed by atoms with Crippen LogP contribution in [0.5, 0.6) is 11.5 Å². The molecule has 1 aliphatic heterocycles. The van der Waals surface area contributed by atoms with Crippen molar-refractivity contribution in [2.45, 2.75) is 24.3 Å². The number of sulfonamides is 1. The lowest BCUT2D eigenvalue weighted by Crippen LogP contribution is -2.44. The molecule has 0 aliphatic carbocycles. The average Bonchev–Trinajstić information content (AvgIpc) is 3.61. The van der Waals surface area contributed by atoms with Gasteiger partial charge in [0.2, 0.25) is 15.9 Å². The number of amides is 1. The summed E-state index contributed by atoms with van der Waals surface area (Å²) in [6.07, 6.45) is 2.40. The van der Waals surface area contributed by atoms with Crippen LogP contribution in [0.25, 0.3) is 10.2 Å². The number of para-hydroxylation sites is 1. The number of rotatable bonds is 8. The summed E-state index contributed by atoms with van der Waals surface area (Å²) in [7, 11) is -0.537. The fourth-order valence-electron chi connectivity index (χ4n) is 4.45. The van der Waals surface area contributed by atoms with E-state index in [9.17, 15) is 13.2 Å². The van der Waals surface area contributed by atoms with E-state index in [1.54, 1.807) is 36.5 Å². The third-order valence-corrected chi connectivity index (χ3v) is 9.44. The van der Waals surface area contributed by atoms with E-state index in [-0.39, 0.29) is 36.4 Å². The minimum atomic E-state index is -3.66. The number of methoxy groups -OCH3 is 2. The van der Waals surface area contributed by atoms with Gasteiger partial charge in [-0.25, -0.2) is 13.4 Å². The number of hydrogen-bond acceptors (Lipinski definition) is 8. The van der Waals surface area contributed by atoms with Gasteiger partial charge in [0.05, 0.1) is 36.6 Å². The molecule has 0 atom stereocenters. The Kier molecular flexibility index (Phi) is 7.18. The van der Waals surface area contributed by atoms with E-state index in [4.69, 9.17) is 18.9 Å². The molecular weight excluding hydrogens is 514 g/mol. The first kappa shape index (κ1) is 25.2. The van der Waals surface area contributed by atoms with E-state index < -0.39 is 10.0 Å². The number of carbonyl (C=O) groups is 1. The number of hydrogen-bond donors (Lipinski definition) is 0. The van der Waals surface area contributed by atoms with E-state index in [2.05, 4.69) is 0 Å². The van der Waals surface area contributed by atoms with Gasteiger partial charge in [0.15, 0.2) is 5.13 Å². The molecule has 11 heteroatoms. The lowest BCUT2D eigenvalue weighted by atomic mass is 9.96. The first-order chi connectivity index (χ1) is 17.9. The van der Waals surface area contributed by atoms with Crippen LogP contribution in [0.3, 0.4) is 0 Å². The summed E-state index contributed by atoms with van der Waals surface area (Å²) in [5.74, 6) is 1.43. The quantitative estimate of drug-likeness (QED) is 0.323. The van der Waals surface area contributed by atoms with Crippen LogP contribution in [0.4, 0.5) is 5.13 Å². The maximum absolute atomic E-state index is 13.8. The molecule has 0 saturated carbocycles. The third-order valence-electron chi connectivity index (χ3n) is 6.48. The van der Waals surface area contributed by atoms with Crippen molar-refractivity contribution in [3.8, 4) is 11.5 Å². The molecule has 0 bridgehead atoms. The molecule has 0 radical (unpaired) electrons. The number of piperidine rings is 1. The molecule has 194 valence electrons. The van der Waals surface area contributed by atoms with Crippen LogP contribution < -0.4 is 14.4 Å². The zero-order valence-electron chi connectivity index (χ0n) is 20.5. The van der Waals surface area contributed by atoms with Crippen molar-refractivity contribution in [3.05, 3.63) is 66.6 Å². The molecule has 37 heavy (non-hydrogen) atoms. The SMILES string of the molecule is COc1ccc(S(=O)(=O)N2CCC(C(=O)N(Cc3ccco3)c3nc4c(OC)cccc4s3)CC2)cc1. The van der Waals surface area contributed by atoms with Gasteiger partial charge in [-0.3, -0.25) is 9.69 Å². The van der Waals surface area contributed by atoms with Crippen LogP contribution >= 0.6 is 11.3 Å². The Hall–Kier alpha value is -3.41. The zero-order valence-corrected chi connectivity index (χ0v) is 22.1. The van der Waals surface area contributed by atoms with E-state index in [1.807, 2.05) is 24.3 Å². The molecule has 2 aromatic carbocycles. The Morgan fingerprint density at radius 2 is 1.84 bits per heavy atom. The molecule has 1 fully saturated rings. The highest BCUT2D eigenvalue weighted by molar-refractivity contribution is 7.89. The number of fused-ring (bicyclic) bond motifs is 1. The molecule has 1 amide bonds. The van der Waals surface area contributed by atoms with Crippen LogP contribution in [0, 0.1) is 5.92 Å². The van der Waals surface area contributed by atoms with E-state index in [0.29, 0.717) is 40.7 Å². The molecule has 2 aromatic heterocycles. The van der Waals surface area contributed by atoms with Crippen molar-refractivity contribution in [1.82, 2.24) is 9.29 Å². The topological polar surface area (TPSA) is 102 Å². The van der Waals surface area contributed by atoms with Crippen LogP contribution in [0.1, 0.15) is 18.6 Å². The van der Waals surface area contributed by atoms with Crippen LogP contribution in [0.15, 0.2) is 70.2 Å². The second-order valence-electron chi connectivity index (χ2n) is 8.66. The molecule has 0 unspecified atom stereocenters. The molecule has 0 N–H and O–H groups in total. The molecular formula is C26H27N3O6S2. The fraction of sp³-hybridized carbons (Fsp3) is 0.308. The first-order valence-electron chi connectivity index (χ1n) is 11.8. The largest absolute Gasteiger partial charge is 0.497 e. The number of thiazole rings is 1. The first-order valence-corrected chi connectivity index (χ1v) is 14.1. The van der Waals surface area contributed by atoms with Gasteiger partial charge in [0, 0.05) is 19.0 Å². The van der Waals surface area contributed by atoms with Crippen molar-refractivity contribution in [3.63, 3.8) is 0 Å². The summed E-state index contributed by atoms with van der Waals surface area (Å²) in [4.78, 5) is 20.4. The van der Waals surface area contributed by atoms with Gasteiger partial charge in [0.25, 0.3) is 0 Å². The standard InChI is InChI=1S/C26H27N3O6S2/c1-33-19-8-10-21(11-9-19)37(31,32)28-14-12-18(13-15-28)25(30)29(17-20-5-4-16-35-20)26-27-24-22(34-2)6-3-7-23(24)36-26/h3-11,16,18H,12-15,17H2,1-2H3. The average molecular weight is 542 g/mol. The lowest BCUT2D eigenvalue weighted by molar-refractivity contribution is -0.123. The van der Waals surface area contributed by atoms with Crippen molar-refractivity contribution in [2.24, 2.45) is 5.92 Å². The predicted molar refractivity (Wildman–Crippen MR) is 141 cm³/mol. The summed E-state index contributed by atoms with van der Waals surface area (Å²) in [5.41, 5.74) is 0.697. The summed E-state index contributed by atoms with van der Waals surface area (Å²) < 4.78 is 44.8. The van der Waals surface area contributed by atoms with Crippen molar-refractivity contribution in [1.29, 1.82) is 0 Å². The number of furan rings is 1. The smallest absolute Gasteiger partial charge is 0.243 e. The Labute approximate surface area is 219 Å². The highest BCUT2D eigenvalue weighted by atomic mass is 32.2. The van der Waals surface area contributed by atoms with Crippen molar-refractivity contribution in [2.75, 3.05) is 32.2 Å². The minimum Gasteiger partial charge on any atom is -0.497 e. The zero-order chi connectivity index (χ0) is 26.0. The maximum atomic E-state index is 13.8. The minimum absolute atomic E-state index is 0.101. The second-order valence-corrected chi connectivity index (χ2v) is 11.6. The Balaban J connectivity index is 1.36. The Morgan fingerprint density at radius 1 is 1.08 bits per heavy atom. The molecule has 4 aromatic rings. The molecule has 5 rings (SSSR count). The summed E-state index contributed by atoms with van der Waals surface area (Å²) in [6.45, 7) is 0.748. The highest BCUT2D eigenvalue weighted by Crippen LogP contribution is 2.36.